The molecule has 0 unspecified atom stereocenters. The van der Waals surface area contributed by atoms with Crippen LogP contribution in [-0.4, -0.2) is 31.8 Å². The molecule has 0 aliphatic carbocycles. The number of hydrogen-bond donors (Lipinski definition) is 2. The smallest absolute Gasteiger partial charge is 0.376 e. The number of rotatable bonds is 3. The van der Waals surface area contributed by atoms with Crippen LogP contribution in [0.3, 0.4) is 0 Å². The Morgan fingerprint density at radius 3 is 2.77 bits per heavy atom. The lowest BCUT2D eigenvalue weighted by Crippen LogP contribution is -2.36. The SMILES string of the molecule is O=C(O)C(F)(F)Cn1cn[nH]c1=O. The van der Waals surface area contributed by atoms with E-state index in [9.17, 15) is 18.4 Å². The largest absolute Gasteiger partial charge is 0.477 e. The van der Waals surface area contributed by atoms with Crippen molar-refractivity contribution < 1.29 is 18.7 Å². The summed E-state index contributed by atoms with van der Waals surface area (Å²) in [7, 11) is 0. The maximum atomic E-state index is 12.5. The molecule has 6 nitrogen and oxygen atoms in total. The van der Waals surface area contributed by atoms with Crippen LogP contribution in [0.15, 0.2) is 11.1 Å². The Bertz CT molecular complexity index is 369. The maximum absolute atomic E-state index is 12.5. The summed E-state index contributed by atoms with van der Waals surface area (Å²) in [5.41, 5.74) is -0.874. The number of hydrogen-bond acceptors (Lipinski definition) is 3. The quantitative estimate of drug-likeness (QED) is 0.663. The first-order valence-corrected chi connectivity index (χ1v) is 3.14. The van der Waals surface area contributed by atoms with Gasteiger partial charge in [0.2, 0.25) is 0 Å². The molecular formula is C5H5F2N3O3. The summed E-state index contributed by atoms with van der Waals surface area (Å²) >= 11 is 0. The Labute approximate surface area is 69.8 Å². The summed E-state index contributed by atoms with van der Waals surface area (Å²) in [4.78, 5) is 20.6. The fraction of sp³-hybridized carbons (Fsp3) is 0.400. The molecule has 0 saturated carbocycles. The number of halogens is 2. The second-order valence-corrected chi connectivity index (χ2v) is 2.30. The van der Waals surface area contributed by atoms with Gasteiger partial charge in [-0.3, -0.25) is 4.57 Å². The lowest BCUT2D eigenvalue weighted by molar-refractivity contribution is -0.166. The van der Waals surface area contributed by atoms with E-state index in [2.05, 4.69) is 5.10 Å². The van der Waals surface area contributed by atoms with E-state index in [1.54, 1.807) is 0 Å². The molecule has 0 amide bonds. The molecule has 0 atom stereocenters. The lowest BCUT2D eigenvalue weighted by Gasteiger charge is -2.09. The molecule has 0 saturated heterocycles. The van der Waals surface area contributed by atoms with E-state index in [1.807, 2.05) is 5.10 Å². The highest BCUT2D eigenvalue weighted by Gasteiger charge is 2.39. The second kappa shape index (κ2) is 2.96. The van der Waals surface area contributed by atoms with Crippen molar-refractivity contribution >= 4 is 5.97 Å². The summed E-state index contributed by atoms with van der Waals surface area (Å²) in [6.07, 6.45) is 0.805. The van der Waals surface area contributed by atoms with E-state index >= 15 is 0 Å². The van der Waals surface area contributed by atoms with E-state index in [0.29, 0.717) is 4.57 Å². The third kappa shape index (κ3) is 1.89. The van der Waals surface area contributed by atoms with Crippen molar-refractivity contribution in [2.24, 2.45) is 0 Å². The molecule has 0 aliphatic heterocycles. The standard InChI is InChI=1S/C5H5F2N3O3/c6-5(7,3(11)12)1-10-2-8-9-4(10)13/h2H,1H2,(H,9,13)(H,11,12). The Balaban J connectivity index is 2.87. The number of alkyl halides is 2. The Hall–Kier alpha value is -1.73. The Morgan fingerprint density at radius 2 is 2.38 bits per heavy atom. The van der Waals surface area contributed by atoms with Crippen molar-refractivity contribution in [3.8, 4) is 0 Å². The molecule has 1 aromatic heterocycles. The average molecular weight is 193 g/mol. The minimum absolute atomic E-state index is 0.480. The third-order valence-electron chi connectivity index (χ3n) is 1.30. The van der Waals surface area contributed by atoms with Gasteiger partial charge in [-0.25, -0.2) is 14.7 Å². The fourth-order valence-electron chi connectivity index (χ4n) is 0.665. The molecule has 8 heteroatoms. The molecule has 0 spiro atoms. The average Bonchev–Trinajstić information content (AvgIpc) is 2.35. The molecule has 13 heavy (non-hydrogen) atoms. The summed E-state index contributed by atoms with van der Waals surface area (Å²) < 4.78 is 25.5. The zero-order valence-corrected chi connectivity index (χ0v) is 6.20. The van der Waals surface area contributed by atoms with E-state index < -0.39 is 24.1 Å². The molecule has 72 valence electrons. The lowest BCUT2D eigenvalue weighted by atomic mass is 10.3. The normalized spacial score (nSPS) is 11.5. The van der Waals surface area contributed by atoms with Crippen LogP contribution in [0.2, 0.25) is 0 Å². The Kier molecular flexibility index (Phi) is 2.13. The third-order valence-corrected chi connectivity index (χ3v) is 1.30. The highest BCUT2D eigenvalue weighted by molar-refractivity contribution is 5.75. The van der Waals surface area contributed by atoms with Crippen LogP contribution in [-0.2, 0) is 11.3 Å². The van der Waals surface area contributed by atoms with Gasteiger partial charge in [0.15, 0.2) is 0 Å². The number of aromatic amines is 1. The summed E-state index contributed by atoms with van der Waals surface area (Å²) in [6.45, 7) is -1.22. The number of nitrogens with one attached hydrogen (secondary N) is 1. The van der Waals surface area contributed by atoms with Gasteiger partial charge in [0, 0.05) is 0 Å². The van der Waals surface area contributed by atoms with Crippen molar-refractivity contribution in [3.05, 3.63) is 16.8 Å². The van der Waals surface area contributed by atoms with Crippen LogP contribution in [0, 0.1) is 0 Å². The fourth-order valence-corrected chi connectivity index (χ4v) is 0.665. The summed E-state index contributed by atoms with van der Waals surface area (Å²) in [5, 5.41) is 13.1. The predicted octanol–water partition coefficient (Wildman–Crippen LogP) is -0.709. The van der Waals surface area contributed by atoms with Gasteiger partial charge in [0.05, 0.1) is 0 Å². The number of H-pyrrole nitrogens is 1. The summed E-state index contributed by atoms with van der Waals surface area (Å²) in [6, 6.07) is 0. The zero-order chi connectivity index (χ0) is 10.1. The van der Waals surface area contributed by atoms with Gasteiger partial charge < -0.3 is 5.11 Å². The molecule has 0 aromatic carbocycles. The minimum atomic E-state index is -3.96. The summed E-state index contributed by atoms with van der Waals surface area (Å²) in [5.74, 6) is -6.24. The topological polar surface area (TPSA) is 88.0 Å². The first-order valence-electron chi connectivity index (χ1n) is 3.14. The number of nitrogens with zero attached hydrogens (tertiary/aromatic N) is 2. The minimum Gasteiger partial charge on any atom is -0.477 e. The van der Waals surface area contributed by atoms with Crippen molar-refractivity contribution in [3.63, 3.8) is 0 Å². The number of aliphatic carboxylic acids is 1. The molecule has 0 radical (unpaired) electrons. The number of carboxylic acid groups (broad SMARTS) is 1. The zero-order valence-electron chi connectivity index (χ0n) is 6.20. The van der Waals surface area contributed by atoms with Gasteiger partial charge in [0.1, 0.15) is 12.9 Å². The van der Waals surface area contributed by atoms with Crippen molar-refractivity contribution in [2.45, 2.75) is 12.5 Å². The highest BCUT2D eigenvalue weighted by Crippen LogP contribution is 2.14. The molecule has 0 bridgehead atoms. The van der Waals surface area contributed by atoms with Gasteiger partial charge in [-0.1, -0.05) is 0 Å². The van der Waals surface area contributed by atoms with Gasteiger partial charge >= 0.3 is 17.6 Å². The molecule has 1 rings (SSSR count). The molecular weight excluding hydrogens is 188 g/mol. The van der Waals surface area contributed by atoms with E-state index in [-0.39, 0.29) is 0 Å². The molecule has 1 heterocycles. The second-order valence-electron chi connectivity index (χ2n) is 2.30. The van der Waals surface area contributed by atoms with Gasteiger partial charge in [-0.05, 0) is 0 Å². The number of carboxylic acids is 1. The van der Waals surface area contributed by atoms with Crippen LogP contribution in [0.4, 0.5) is 8.78 Å². The first-order chi connectivity index (χ1) is 5.93. The van der Waals surface area contributed by atoms with E-state index in [0.717, 1.165) is 6.33 Å². The van der Waals surface area contributed by atoms with Crippen LogP contribution < -0.4 is 5.69 Å². The van der Waals surface area contributed by atoms with Crippen molar-refractivity contribution in [2.75, 3.05) is 0 Å². The van der Waals surface area contributed by atoms with Crippen LogP contribution in [0.1, 0.15) is 0 Å². The molecule has 0 fully saturated rings. The Morgan fingerprint density at radius 1 is 1.77 bits per heavy atom. The molecule has 1 aromatic rings. The van der Waals surface area contributed by atoms with E-state index in [4.69, 9.17) is 5.11 Å². The van der Waals surface area contributed by atoms with Crippen LogP contribution in [0.5, 0.6) is 0 Å². The predicted molar refractivity (Wildman–Crippen MR) is 35.4 cm³/mol. The molecule has 0 aliphatic rings. The maximum Gasteiger partial charge on any atom is 0.376 e. The van der Waals surface area contributed by atoms with Gasteiger partial charge in [-0.15, -0.1) is 0 Å². The first kappa shape index (κ1) is 9.36. The van der Waals surface area contributed by atoms with Gasteiger partial charge in [-0.2, -0.15) is 13.9 Å². The van der Waals surface area contributed by atoms with Crippen molar-refractivity contribution in [1.29, 1.82) is 0 Å². The van der Waals surface area contributed by atoms with Crippen LogP contribution in [0.25, 0.3) is 0 Å². The highest BCUT2D eigenvalue weighted by atomic mass is 19.3. The van der Waals surface area contributed by atoms with E-state index in [1.165, 1.54) is 0 Å². The van der Waals surface area contributed by atoms with Gasteiger partial charge in [0.25, 0.3) is 0 Å². The van der Waals surface area contributed by atoms with Crippen molar-refractivity contribution in [1.82, 2.24) is 14.8 Å². The number of aromatic nitrogens is 3. The molecule has 2 N–H and O–H groups in total. The monoisotopic (exact) mass is 193 g/mol. The number of carbonyl (C=O) groups is 1. The van der Waals surface area contributed by atoms with Crippen LogP contribution >= 0.6 is 0 Å².